The van der Waals surface area contributed by atoms with Gasteiger partial charge in [-0.05, 0) is 18.2 Å². The van der Waals surface area contributed by atoms with E-state index in [0.717, 1.165) is 28.8 Å². The fourth-order valence-corrected chi connectivity index (χ4v) is 2.19. The van der Waals surface area contributed by atoms with Gasteiger partial charge in [-0.3, -0.25) is 0 Å². The molecule has 3 N–H and O–H groups in total. The molecule has 0 aliphatic rings. The Morgan fingerprint density at radius 1 is 1.44 bits per heavy atom. The van der Waals surface area contributed by atoms with Gasteiger partial charge < -0.3 is 5.43 Å². The van der Waals surface area contributed by atoms with Crippen molar-refractivity contribution in [3.8, 4) is 0 Å². The van der Waals surface area contributed by atoms with E-state index in [9.17, 15) is 0 Å². The molecule has 0 fully saturated rings. The lowest BCUT2D eigenvalue weighted by molar-refractivity contribution is 0.684. The SMILES string of the molecule is CCCc1nc(NN)cc(Sc2ncnn2C)n1. The van der Waals surface area contributed by atoms with E-state index in [1.54, 1.807) is 10.7 Å². The van der Waals surface area contributed by atoms with Crippen LogP contribution in [0.4, 0.5) is 5.82 Å². The van der Waals surface area contributed by atoms with Crippen LogP contribution >= 0.6 is 11.8 Å². The van der Waals surface area contributed by atoms with Gasteiger partial charge in [0.05, 0.1) is 0 Å². The molecule has 0 aliphatic heterocycles. The summed E-state index contributed by atoms with van der Waals surface area (Å²) in [6.07, 6.45) is 3.32. The number of hydrogen-bond acceptors (Lipinski definition) is 7. The number of nitrogens with one attached hydrogen (secondary N) is 1. The summed E-state index contributed by atoms with van der Waals surface area (Å²) in [4.78, 5) is 12.9. The zero-order chi connectivity index (χ0) is 13.0. The Hall–Kier alpha value is -1.67. The van der Waals surface area contributed by atoms with Gasteiger partial charge in [-0.25, -0.2) is 25.5 Å². The van der Waals surface area contributed by atoms with Gasteiger partial charge in [-0.15, -0.1) is 0 Å². The van der Waals surface area contributed by atoms with E-state index in [2.05, 4.69) is 32.4 Å². The lowest BCUT2D eigenvalue weighted by atomic mass is 10.3. The summed E-state index contributed by atoms with van der Waals surface area (Å²) in [6, 6.07) is 1.79. The highest BCUT2D eigenvalue weighted by Crippen LogP contribution is 2.25. The summed E-state index contributed by atoms with van der Waals surface area (Å²) >= 11 is 1.43. The Labute approximate surface area is 109 Å². The average Bonchev–Trinajstić information content (AvgIpc) is 2.75. The molecule has 0 atom stereocenters. The molecule has 2 aromatic heterocycles. The molecule has 0 saturated carbocycles. The van der Waals surface area contributed by atoms with E-state index in [1.165, 1.54) is 18.1 Å². The number of nitrogens with two attached hydrogens (primary N) is 1. The number of nitrogen functional groups attached to an aromatic ring is 1. The molecule has 2 aromatic rings. The molecule has 0 unspecified atom stereocenters. The van der Waals surface area contributed by atoms with Crippen molar-refractivity contribution in [3.63, 3.8) is 0 Å². The zero-order valence-corrected chi connectivity index (χ0v) is 11.1. The number of aromatic nitrogens is 5. The maximum atomic E-state index is 5.40. The first kappa shape index (κ1) is 12.8. The molecular formula is C10H15N7S. The second kappa shape index (κ2) is 5.78. The third-order valence-electron chi connectivity index (χ3n) is 2.24. The normalized spacial score (nSPS) is 10.6. The summed E-state index contributed by atoms with van der Waals surface area (Å²) < 4.78 is 1.70. The van der Waals surface area contributed by atoms with Crippen LogP contribution in [0.5, 0.6) is 0 Å². The molecule has 0 radical (unpaired) electrons. The number of aryl methyl sites for hydroxylation is 2. The van der Waals surface area contributed by atoms with Crippen molar-refractivity contribution in [1.82, 2.24) is 24.7 Å². The topological polar surface area (TPSA) is 94.5 Å². The maximum Gasteiger partial charge on any atom is 0.192 e. The van der Waals surface area contributed by atoms with Crippen molar-refractivity contribution in [2.45, 2.75) is 29.9 Å². The molecule has 8 heteroatoms. The standard InChI is InChI=1S/C10H15N7S/c1-3-4-7-14-8(16-11)5-9(15-7)18-10-12-6-13-17(10)2/h5-6H,3-4,11H2,1-2H3,(H,14,15,16). The minimum atomic E-state index is 0.609. The van der Waals surface area contributed by atoms with E-state index in [1.807, 2.05) is 7.05 Å². The van der Waals surface area contributed by atoms with Crippen molar-refractivity contribution in [2.75, 3.05) is 5.43 Å². The third kappa shape index (κ3) is 2.96. The van der Waals surface area contributed by atoms with Gasteiger partial charge in [0, 0.05) is 19.5 Å². The number of hydrogen-bond donors (Lipinski definition) is 2. The first-order chi connectivity index (χ1) is 8.72. The molecule has 0 aromatic carbocycles. The van der Waals surface area contributed by atoms with Gasteiger partial charge in [-0.1, -0.05) is 6.92 Å². The molecule has 2 heterocycles. The van der Waals surface area contributed by atoms with Crippen LogP contribution in [0.3, 0.4) is 0 Å². The van der Waals surface area contributed by atoms with Gasteiger partial charge in [0.1, 0.15) is 23.0 Å². The first-order valence-corrected chi connectivity index (χ1v) is 6.41. The molecule has 18 heavy (non-hydrogen) atoms. The Bertz CT molecular complexity index is 525. The van der Waals surface area contributed by atoms with Gasteiger partial charge in [-0.2, -0.15) is 5.10 Å². The number of anilines is 1. The Morgan fingerprint density at radius 2 is 2.28 bits per heavy atom. The monoisotopic (exact) mass is 265 g/mol. The highest BCUT2D eigenvalue weighted by Gasteiger charge is 2.08. The van der Waals surface area contributed by atoms with Gasteiger partial charge in [0.15, 0.2) is 5.16 Å². The Kier molecular flexibility index (Phi) is 4.11. The minimum Gasteiger partial charge on any atom is -0.308 e. The number of nitrogens with zero attached hydrogens (tertiary/aromatic N) is 5. The summed E-state index contributed by atoms with van der Waals surface area (Å²) in [7, 11) is 1.84. The largest absolute Gasteiger partial charge is 0.308 e. The molecule has 0 spiro atoms. The highest BCUT2D eigenvalue weighted by atomic mass is 32.2. The molecule has 0 bridgehead atoms. The van der Waals surface area contributed by atoms with Crippen molar-refractivity contribution in [1.29, 1.82) is 0 Å². The zero-order valence-electron chi connectivity index (χ0n) is 10.3. The van der Waals surface area contributed by atoms with Crippen LogP contribution in [0.25, 0.3) is 0 Å². The van der Waals surface area contributed by atoms with E-state index in [-0.39, 0.29) is 0 Å². The van der Waals surface area contributed by atoms with Crippen molar-refractivity contribution in [2.24, 2.45) is 12.9 Å². The van der Waals surface area contributed by atoms with Gasteiger partial charge in [0.25, 0.3) is 0 Å². The molecule has 0 saturated heterocycles. The second-order valence-corrected chi connectivity index (χ2v) is 4.66. The van der Waals surface area contributed by atoms with Crippen LogP contribution < -0.4 is 11.3 Å². The summed E-state index contributed by atoms with van der Waals surface area (Å²) in [5.41, 5.74) is 2.55. The van der Waals surface area contributed by atoms with Crippen molar-refractivity contribution < 1.29 is 0 Å². The van der Waals surface area contributed by atoms with Crippen molar-refractivity contribution in [3.05, 3.63) is 18.2 Å². The second-order valence-electron chi connectivity index (χ2n) is 3.67. The predicted molar refractivity (Wildman–Crippen MR) is 69.0 cm³/mol. The summed E-state index contributed by atoms with van der Waals surface area (Å²) in [5, 5.41) is 5.60. The third-order valence-corrected chi connectivity index (χ3v) is 3.21. The lowest BCUT2D eigenvalue weighted by Gasteiger charge is -2.06. The lowest BCUT2D eigenvalue weighted by Crippen LogP contribution is -2.10. The average molecular weight is 265 g/mol. The smallest absolute Gasteiger partial charge is 0.192 e. The van der Waals surface area contributed by atoms with E-state index in [0.29, 0.717) is 5.82 Å². The van der Waals surface area contributed by atoms with Crippen LogP contribution in [0, 0.1) is 0 Å². The molecule has 7 nitrogen and oxygen atoms in total. The predicted octanol–water partition coefficient (Wildman–Crippen LogP) is 0.994. The molecular weight excluding hydrogens is 250 g/mol. The molecule has 2 rings (SSSR count). The molecule has 96 valence electrons. The number of rotatable bonds is 5. The Morgan fingerprint density at radius 3 is 2.89 bits per heavy atom. The van der Waals surface area contributed by atoms with Crippen LogP contribution in [-0.2, 0) is 13.5 Å². The van der Waals surface area contributed by atoms with Crippen LogP contribution in [0.2, 0.25) is 0 Å². The minimum absolute atomic E-state index is 0.609. The van der Waals surface area contributed by atoms with Crippen LogP contribution in [-0.4, -0.2) is 24.7 Å². The highest BCUT2D eigenvalue weighted by molar-refractivity contribution is 7.99. The van der Waals surface area contributed by atoms with E-state index < -0.39 is 0 Å². The van der Waals surface area contributed by atoms with E-state index >= 15 is 0 Å². The van der Waals surface area contributed by atoms with Gasteiger partial charge in [0.2, 0.25) is 0 Å². The number of hydrazine groups is 1. The molecule has 0 aliphatic carbocycles. The Balaban J connectivity index is 2.26. The summed E-state index contributed by atoms with van der Waals surface area (Å²) in [6.45, 7) is 2.08. The van der Waals surface area contributed by atoms with Gasteiger partial charge >= 0.3 is 0 Å². The maximum absolute atomic E-state index is 5.40. The first-order valence-electron chi connectivity index (χ1n) is 5.59. The van der Waals surface area contributed by atoms with Crippen LogP contribution in [0.1, 0.15) is 19.2 Å². The van der Waals surface area contributed by atoms with E-state index in [4.69, 9.17) is 5.84 Å². The van der Waals surface area contributed by atoms with Crippen molar-refractivity contribution >= 4 is 17.6 Å². The molecule has 0 amide bonds. The quantitative estimate of drug-likeness (QED) is 0.473. The fraction of sp³-hybridized carbons (Fsp3) is 0.400. The van der Waals surface area contributed by atoms with Crippen LogP contribution in [0.15, 0.2) is 22.6 Å². The summed E-state index contributed by atoms with van der Waals surface area (Å²) in [5.74, 6) is 6.79. The fourth-order valence-electron chi connectivity index (χ4n) is 1.41.